The van der Waals surface area contributed by atoms with Gasteiger partial charge in [-0.15, -0.1) is 0 Å². The Kier molecular flexibility index (Phi) is 10.4. The number of rotatable bonds is 5. The molecule has 0 aliphatic heterocycles. The van der Waals surface area contributed by atoms with E-state index in [-0.39, 0.29) is 28.3 Å². The number of carbonyl (C=O) groups excluding carboxylic acids is 3. The second kappa shape index (κ2) is 12.3. The average molecular weight is 546 g/mol. The Hall–Kier alpha value is -3.21. The molecule has 1 amide bonds. The quantitative estimate of drug-likeness (QED) is 0.376. The summed E-state index contributed by atoms with van der Waals surface area (Å²) in [6, 6.07) is 5.66. The zero-order chi connectivity index (χ0) is 26.2. The smallest absolute Gasteiger partial charge is 0.412 e. The van der Waals surface area contributed by atoms with Gasteiger partial charge < -0.3 is 18.9 Å². The van der Waals surface area contributed by atoms with Gasteiger partial charge in [0.1, 0.15) is 11.2 Å². The summed E-state index contributed by atoms with van der Waals surface area (Å²) in [5.74, 6) is -2.86. The number of carbonyl (C=O) groups is 3. The van der Waals surface area contributed by atoms with Gasteiger partial charge in [-0.25, -0.2) is 18.4 Å². The minimum atomic E-state index is -0.812. The van der Waals surface area contributed by atoms with Gasteiger partial charge in [0.2, 0.25) is 0 Å². The lowest BCUT2D eigenvalue weighted by atomic mass is 10.1. The van der Waals surface area contributed by atoms with E-state index in [1.165, 1.54) is 52.5 Å². The molecule has 0 unspecified atom stereocenters. The Morgan fingerprint density at radius 1 is 0.882 bits per heavy atom. The van der Waals surface area contributed by atoms with Crippen LogP contribution in [-0.2, 0) is 9.47 Å². The van der Waals surface area contributed by atoms with E-state index in [1.807, 2.05) is 0 Å². The van der Waals surface area contributed by atoms with Crippen LogP contribution >= 0.6 is 15.9 Å². The molecule has 0 aliphatic carbocycles. The molecular formula is C23H26BrF2NO7. The van der Waals surface area contributed by atoms with Crippen LogP contribution in [-0.4, -0.2) is 44.8 Å². The van der Waals surface area contributed by atoms with Gasteiger partial charge in [-0.3, -0.25) is 10.1 Å². The van der Waals surface area contributed by atoms with Crippen LogP contribution in [0, 0.1) is 11.6 Å². The first-order valence-corrected chi connectivity index (χ1v) is 10.5. The van der Waals surface area contributed by atoms with Crippen molar-refractivity contribution in [2.75, 3.05) is 26.6 Å². The molecule has 2 aromatic carbocycles. The van der Waals surface area contributed by atoms with Crippen LogP contribution in [0.4, 0.5) is 19.3 Å². The molecule has 0 radical (unpaired) electrons. The number of halogens is 3. The number of esters is 1. The van der Waals surface area contributed by atoms with Crippen LogP contribution < -0.4 is 14.8 Å². The number of Topliss-reactive ketones (excluding diaryl/α,β-unsaturated/α-hetero) is 1. The van der Waals surface area contributed by atoms with Gasteiger partial charge >= 0.3 is 12.1 Å². The number of anilines is 1. The molecule has 0 atom stereocenters. The molecule has 0 saturated carbocycles. The van der Waals surface area contributed by atoms with Crippen molar-refractivity contribution < 1.29 is 42.1 Å². The molecule has 2 aromatic rings. The van der Waals surface area contributed by atoms with Crippen molar-refractivity contribution >= 4 is 39.5 Å². The Labute approximate surface area is 204 Å². The molecule has 8 nitrogen and oxygen atoms in total. The second-order valence-corrected chi connectivity index (χ2v) is 8.47. The third-order valence-corrected chi connectivity index (χ3v) is 4.64. The lowest BCUT2D eigenvalue weighted by Crippen LogP contribution is -2.27. The number of hydrogen-bond acceptors (Lipinski definition) is 7. The van der Waals surface area contributed by atoms with Crippen LogP contribution in [0.15, 0.2) is 28.7 Å². The van der Waals surface area contributed by atoms with Crippen molar-refractivity contribution in [1.82, 2.24) is 0 Å². The fourth-order valence-electron chi connectivity index (χ4n) is 2.56. The first-order valence-electron chi connectivity index (χ1n) is 9.75. The summed E-state index contributed by atoms with van der Waals surface area (Å²) in [4.78, 5) is 34.4. The molecule has 34 heavy (non-hydrogen) atoms. The van der Waals surface area contributed by atoms with Gasteiger partial charge in [0.25, 0.3) is 0 Å². The Balaban J connectivity index is 0.000000362. The minimum Gasteiger partial charge on any atom is -0.494 e. The number of nitrogens with one attached hydrogen (secondary N) is 1. The predicted molar refractivity (Wildman–Crippen MR) is 125 cm³/mol. The summed E-state index contributed by atoms with van der Waals surface area (Å²) >= 11 is 3.06. The van der Waals surface area contributed by atoms with Crippen LogP contribution in [0.3, 0.4) is 0 Å². The number of methoxy groups -OCH3 is 3. The highest BCUT2D eigenvalue weighted by molar-refractivity contribution is 9.10. The normalized spacial score (nSPS) is 10.4. The Morgan fingerprint density at radius 3 is 1.82 bits per heavy atom. The van der Waals surface area contributed by atoms with E-state index >= 15 is 0 Å². The number of hydrogen-bond donors (Lipinski definition) is 1. The first-order chi connectivity index (χ1) is 15.8. The molecule has 0 saturated heterocycles. The molecule has 0 aromatic heterocycles. The molecule has 0 bridgehead atoms. The van der Waals surface area contributed by atoms with Gasteiger partial charge in [0.15, 0.2) is 28.9 Å². The fraction of sp³-hybridized carbons (Fsp3) is 0.348. The zero-order valence-electron chi connectivity index (χ0n) is 19.8. The topological polar surface area (TPSA) is 100 Å². The molecule has 0 aliphatic rings. The maximum atomic E-state index is 14.0. The SMILES string of the molecule is COC(=O)c1c(Br)ccc(OC)c1F.COc1ccc(NC(=O)OC(C)(C)C)c(C(C)=O)c1F. The number of amides is 1. The molecule has 11 heteroatoms. The Morgan fingerprint density at radius 2 is 1.38 bits per heavy atom. The van der Waals surface area contributed by atoms with Gasteiger partial charge in [-0.2, -0.15) is 0 Å². The first kappa shape index (κ1) is 28.8. The summed E-state index contributed by atoms with van der Waals surface area (Å²) < 4.78 is 46.9. The minimum absolute atomic E-state index is 0.00796. The predicted octanol–water partition coefficient (Wildman–Crippen LogP) is 5.77. The van der Waals surface area contributed by atoms with Crippen LogP contribution in [0.25, 0.3) is 0 Å². The van der Waals surface area contributed by atoms with Gasteiger partial charge in [0, 0.05) is 4.47 Å². The highest BCUT2D eigenvalue weighted by Gasteiger charge is 2.22. The Bertz CT molecular complexity index is 1070. The number of benzene rings is 2. The van der Waals surface area contributed by atoms with E-state index in [9.17, 15) is 23.2 Å². The fourth-order valence-corrected chi connectivity index (χ4v) is 3.02. The largest absolute Gasteiger partial charge is 0.494 e. The molecule has 186 valence electrons. The van der Waals surface area contributed by atoms with Crippen LogP contribution in [0.2, 0.25) is 0 Å². The second-order valence-electron chi connectivity index (χ2n) is 7.62. The van der Waals surface area contributed by atoms with Crippen LogP contribution in [0.1, 0.15) is 48.4 Å². The van der Waals surface area contributed by atoms with Crippen molar-refractivity contribution in [3.8, 4) is 11.5 Å². The lowest BCUT2D eigenvalue weighted by Gasteiger charge is -2.20. The maximum absolute atomic E-state index is 14.0. The van der Waals surface area contributed by atoms with E-state index in [2.05, 4.69) is 26.0 Å². The summed E-state index contributed by atoms with van der Waals surface area (Å²) in [5.41, 5.74) is -1.04. The van der Waals surface area contributed by atoms with E-state index in [0.717, 1.165) is 0 Å². The van der Waals surface area contributed by atoms with Crippen molar-refractivity contribution in [3.63, 3.8) is 0 Å². The molecule has 2 rings (SSSR count). The van der Waals surface area contributed by atoms with Crippen molar-refractivity contribution in [2.24, 2.45) is 0 Å². The average Bonchev–Trinajstić information content (AvgIpc) is 2.72. The highest BCUT2D eigenvalue weighted by Crippen LogP contribution is 2.29. The molecule has 0 spiro atoms. The summed E-state index contributed by atoms with van der Waals surface area (Å²) in [5, 5.41) is 2.36. The van der Waals surface area contributed by atoms with Gasteiger partial charge in [-0.05, 0) is 67.9 Å². The van der Waals surface area contributed by atoms with E-state index in [1.54, 1.807) is 20.8 Å². The summed E-state index contributed by atoms with van der Waals surface area (Å²) in [7, 11) is 3.81. The van der Waals surface area contributed by atoms with E-state index in [0.29, 0.717) is 4.47 Å². The standard InChI is InChI=1S/C14H18FNO4.C9H8BrFO3/c1-8(17)11-9(6-7-10(19-5)12(11)15)16-13(18)20-14(2,3)4;1-13-6-4-3-5(10)7(8(6)11)9(12)14-2/h6-7H,1-5H3,(H,16,18);3-4H,1-2H3. The van der Waals surface area contributed by atoms with Gasteiger partial charge in [0.05, 0.1) is 32.6 Å². The molecule has 0 heterocycles. The summed E-state index contributed by atoms with van der Waals surface area (Å²) in [6.45, 7) is 6.31. The van der Waals surface area contributed by atoms with E-state index in [4.69, 9.17) is 14.2 Å². The number of ether oxygens (including phenoxy) is 4. The molecular weight excluding hydrogens is 520 g/mol. The monoisotopic (exact) mass is 545 g/mol. The third-order valence-electron chi connectivity index (χ3n) is 3.98. The van der Waals surface area contributed by atoms with E-state index < -0.39 is 35.1 Å². The highest BCUT2D eigenvalue weighted by atomic mass is 79.9. The molecule has 1 N–H and O–H groups in total. The number of ketones is 1. The van der Waals surface area contributed by atoms with Crippen LogP contribution in [0.5, 0.6) is 11.5 Å². The third kappa shape index (κ3) is 7.68. The zero-order valence-corrected chi connectivity index (χ0v) is 21.4. The van der Waals surface area contributed by atoms with Crippen molar-refractivity contribution in [3.05, 3.63) is 51.5 Å². The molecule has 0 fully saturated rings. The van der Waals surface area contributed by atoms with Crippen molar-refractivity contribution in [2.45, 2.75) is 33.3 Å². The van der Waals surface area contributed by atoms with Crippen molar-refractivity contribution in [1.29, 1.82) is 0 Å². The maximum Gasteiger partial charge on any atom is 0.412 e. The van der Waals surface area contributed by atoms with Gasteiger partial charge in [-0.1, -0.05) is 0 Å². The summed E-state index contributed by atoms with van der Waals surface area (Å²) in [6.07, 6.45) is -0.760. The lowest BCUT2D eigenvalue weighted by molar-refractivity contribution is 0.0591.